The Hall–Kier alpha value is -2.82. The first kappa shape index (κ1) is 20.5. The summed E-state index contributed by atoms with van der Waals surface area (Å²) in [5, 5.41) is 0. The zero-order valence-electron chi connectivity index (χ0n) is 16.2. The first-order valence-electron chi connectivity index (χ1n) is 9.15. The van der Waals surface area contributed by atoms with E-state index in [4.69, 9.17) is 9.47 Å². The van der Waals surface area contributed by atoms with Crippen molar-refractivity contribution >= 4 is 11.9 Å². The van der Waals surface area contributed by atoms with Crippen LogP contribution in [0.15, 0.2) is 54.6 Å². The van der Waals surface area contributed by atoms with E-state index in [9.17, 15) is 9.59 Å². The molecule has 0 N–H and O–H groups in total. The van der Waals surface area contributed by atoms with E-state index in [0.29, 0.717) is 18.8 Å². The van der Waals surface area contributed by atoms with Gasteiger partial charge in [-0.2, -0.15) is 0 Å². The van der Waals surface area contributed by atoms with Gasteiger partial charge in [-0.1, -0.05) is 55.5 Å². The van der Waals surface area contributed by atoms with Crippen LogP contribution in [0.4, 0.5) is 0 Å². The van der Waals surface area contributed by atoms with Gasteiger partial charge in [0.15, 0.2) is 6.61 Å². The molecule has 0 spiro atoms. The van der Waals surface area contributed by atoms with Crippen molar-refractivity contribution < 1.29 is 19.1 Å². The van der Waals surface area contributed by atoms with Crippen molar-refractivity contribution in [2.45, 2.75) is 20.3 Å². The fourth-order valence-electron chi connectivity index (χ4n) is 2.85. The Bertz CT molecular complexity index is 745. The minimum Gasteiger partial charge on any atom is -0.483 e. The maximum Gasteiger partial charge on any atom is 0.310 e. The molecule has 2 aromatic carbocycles. The monoisotopic (exact) mass is 369 g/mol. The molecule has 0 aromatic heterocycles. The van der Waals surface area contributed by atoms with Gasteiger partial charge in [-0.05, 0) is 24.1 Å². The SMILES string of the molecule is CCN(CC(C)C(=O)OC)C(=O)COc1ccccc1Cc1ccccc1. The Morgan fingerprint density at radius 3 is 2.37 bits per heavy atom. The lowest BCUT2D eigenvalue weighted by Crippen LogP contribution is -2.39. The Morgan fingerprint density at radius 2 is 1.70 bits per heavy atom. The highest BCUT2D eigenvalue weighted by atomic mass is 16.5. The van der Waals surface area contributed by atoms with E-state index in [-0.39, 0.29) is 24.4 Å². The van der Waals surface area contributed by atoms with Crippen LogP contribution in [0.3, 0.4) is 0 Å². The number of hydrogen-bond donors (Lipinski definition) is 0. The molecule has 27 heavy (non-hydrogen) atoms. The number of rotatable bonds is 9. The number of carbonyl (C=O) groups excluding carboxylic acids is 2. The molecule has 0 aliphatic heterocycles. The van der Waals surface area contributed by atoms with Crippen LogP contribution in [-0.2, 0) is 20.7 Å². The largest absolute Gasteiger partial charge is 0.483 e. The van der Waals surface area contributed by atoms with Crippen LogP contribution in [0.1, 0.15) is 25.0 Å². The lowest BCUT2D eigenvalue weighted by atomic mass is 10.0. The minimum absolute atomic E-state index is 0.0620. The number of amides is 1. The van der Waals surface area contributed by atoms with Gasteiger partial charge in [0.2, 0.25) is 0 Å². The van der Waals surface area contributed by atoms with Gasteiger partial charge < -0.3 is 14.4 Å². The lowest BCUT2D eigenvalue weighted by molar-refractivity contribution is -0.146. The van der Waals surface area contributed by atoms with Gasteiger partial charge in [0.25, 0.3) is 5.91 Å². The summed E-state index contributed by atoms with van der Waals surface area (Å²) < 4.78 is 10.5. The van der Waals surface area contributed by atoms with E-state index in [2.05, 4.69) is 12.1 Å². The van der Waals surface area contributed by atoms with Gasteiger partial charge in [-0.3, -0.25) is 9.59 Å². The smallest absolute Gasteiger partial charge is 0.310 e. The summed E-state index contributed by atoms with van der Waals surface area (Å²) in [5.74, 6) is -0.144. The number of esters is 1. The Morgan fingerprint density at radius 1 is 1.04 bits per heavy atom. The average molecular weight is 369 g/mol. The molecule has 1 atom stereocenters. The molecule has 144 valence electrons. The van der Waals surface area contributed by atoms with Gasteiger partial charge in [0, 0.05) is 19.5 Å². The van der Waals surface area contributed by atoms with Gasteiger partial charge in [-0.15, -0.1) is 0 Å². The predicted octanol–water partition coefficient (Wildman–Crippen LogP) is 3.31. The first-order valence-corrected chi connectivity index (χ1v) is 9.15. The van der Waals surface area contributed by atoms with Gasteiger partial charge in [0.05, 0.1) is 13.0 Å². The van der Waals surface area contributed by atoms with E-state index in [1.165, 1.54) is 12.7 Å². The molecule has 5 heteroatoms. The van der Waals surface area contributed by atoms with Crippen molar-refractivity contribution in [1.29, 1.82) is 0 Å². The molecule has 5 nitrogen and oxygen atoms in total. The third-order valence-electron chi connectivity index (χ3n) is 4.39. The summed E-state index contributed by atoms with van der Waals surface area (Å²) >= 11 is 0. The zero-order valence-corrected chi connectivity index (χ0v) is 16.2. The fourth-order valence-corrected chi connectivity index (χ4v) is 2.85. The molecule has 0 radical (unpaired) electrons. The molecule has 0 aliphatic rings. The second-order valence-corrected chi connectivity index (χ2v) is 6.42. The van der Waals surface area contributed by atoms with Crippen molar-refractivity contribution in [3.63, 3.8) is 0 Å². The number of carbonyl (C=O) groups is 2. The zero-order chi connectivity index (χ0) is 19.6. The van der Waals surface area contributed by atoms with Crippen LogP contribution in [0.25, 0.3) is 0 Å². The van der Waals surface area contributed by atoms with Crippen LogP contribution < -0.4 is 4.74 Å². The van der Waals surface area contributed by atoms with E-state index >= 15 is 0 Å². The number of ether oxygens (including phenoxy) is 2. The average Bonchev–Trinajstić information content (AvgIpc) is 2.71. The molecule has 0 saturated carbocycles. The third kappa shape index (κ3) is 6.13. The van der Waals surface area contributed by atoms with Gasteiger partial charge in [-0.25, -0.2) is 0 Å². The molecular weight excluding hydrogens is 342 g/mol. The highest BCUT2D eigenvalue weighted by molar-refractivity contribution is 5.79. The topological polar surface area (TPSA) is 55.8 Å². The standard InChI is InChI=1S/C22H27NO4/c1-4-23(15-17(2)22(25)26-3)21(24)16-27-20-13-9-8-12-19(20)14-18-10-6-5-7-11-18/h5-13,17H,4,14-16H2,1-3H3. The van der Waals surface area contributed by atoms with Crippen LogP contribution in [0, 0.1) is 5.92 Å². The normalized spacial score (nSPS) is 11.5. The quantitative estimate of drug-likeness (QED) is 0.637. The summed E-state index contributed by atoms with van der Waals surface area (Å²) in [6, 6.07) is 17.9. The van der Waals surface area contributed by atoms with E-state index in [1.807, 2.05) is 49.4 Å². The maximum atomic E-state index is 12.5. The third-order valence-corrected chi connectivity index (χ3v) is 4.39. The summed E-state index contributed by atoms with van der Waals surface area (Å²) in [7, 11) is 1.35. The maximum absolute atomic E-state index is 12.5. The molecule has 1 amide bonds. The Kier molecular flexibility index (Phi) is 7.86. The van der Waals surface area contributed by atoms with Crippen LogP contribution in [-0.4, -0.2) is 43.6 Å². The number of benzene rings is 2. The van der Waals surface area contributed by atoms with Gasteiger partial charge in [0.1, 0.15) is 5.75 Å². The summed E-state index contributed by atoms with van der Waals surface area (Å²) in [6.45, 7) is 4.39. The predicted molar refractivity (Wildman–Crippen MR) is 105 cm³/mol. The minimum atomic E-state index is -0.371. The second-order valence-electron chi connectivity index (χ2n) is 6.42. The van der Waals surface area contributed by atoms with E-state index in [0.717, 1.165) is 12.0 Å². The number of methoxy groups -OCH3 is 1. The molecule has 2 aromatic rings. The van der Waals surface area contributed by atoms with Crippen molar-refractivity contribution in [2.24, 2.45) is 5.92 Å². The van der Waals surface area contributed by atoms with Crippen LogP contribution in [0.5, 0.6) is 5.75 Å². The lowest BCUT2D eigenvalue weighted by Gasteiger charge is -2.23. The highest BCUT2D eigenvalue weighted by Crippen LogP contribution is 2.21. The molecular formula is C22H27NO4. The fraction of sp³-hybridized carbons (Fsp3) is 0.364. The highest BCUT2D eigenvalue weighted by Gasteiger charge is 2.21. The van der Waals surface area contributed by atoms with Crippen LogP contribution >= 0.6 is 0 Å². The Balaban J connectivity index is 1.99. The molecule has 0 saturated heterocycles. The van der Waals surface area contributed by atoms with Crippen LogP contribution in [0.2, 0.25) is 0 Å². The van der Waals surface area contributed by atoms with Crippen molar-refractivity contribution in [1.82, 2.24) is 4.90 Å². The molecule has 0 heterocycles. The van der Waals surface area contributed by atoms with E-state index in [1.54, 1.807) is 11.8 Å². The number of nitrogens with zero attached hydrogens (tertiary/aromatic N) is 1. The second kappa shape index (κ2) is 10.4. The van der Waals surface area contributed by atoms with Crippen molar-refractivity contribution in [2.75, 3.05) is 26.8 Å². The number of likely N-dealkylation sites (N-methyl/N-ethyl adjacent to an activating group) is 1. The van der Waals surface area contributed by atoms with Crippen molar-refractivity contribution in [3.8, 4) is 5.75 Å². The molecule has 0 fully saturated rings. The molecule has 0 aliphatic carbocycles. The van der Waals surface area contributed by atoms with E-state index < -0.39 is 0 Å². The summed E-state index contributed by atoms with van der Waals surface area (Å²) in [6.07, 6.45) is 0.738. The molecule has 0 bridgehead atoms. The molecule has 2 rings (SSSR count). The summed E-state index contributed by atoms with van der Waals surface area (Å²) in [4.78, 5) is 25.7. The molecule has 1 unspecified atom stereocenters. The van der Waals surface area contributed by atoms with Crippen molar-refractivity contribution in [3.05, 3.63) is 65.7 Å². The first-order chi connectivity index (χ1) is 13.0. The number of para-hydroxylation sites is 1. The number of hydrogen-bond acceptors (Lipinski definition) is 4. The van der Waals surface area contributed by atoms with Gasteiger partial charge >= 0.3 is 5.97 Å². The summed E-state index contributed by atoms with van der Waals surface area (Å²) in [5.41, 5.74) is 2.21. The Labute approximate surface area is 160 Å².